The Hall–Kier alpha value is -1.72. The molecule has 0 radical (unpaired) electrons. The fourth-order valence-electron chi connectivity index (χ4n) is 1.17. The molecule has 0 amide bonds. The van der Waals surface area contributed by atoms with Crippen LogP contribution in [0.5, 0.6) is 11.5 Å². The van der Waals surface area contributed by atoms with Crippen molar-refractivity contribution < 1.29 is 23.8 Å². The van der Waals surface area contributed by atoms with Crippen LogP contribution in [0.15, 0.2) is 36.4 Å². The van der Waals surface area contributed by atoms with Crippen LogP contribution in [0.2, 0.25) is 0 Å². The molecule has 1 aromatic carbocycles. The molecule has 0 spiro atoms. The number of esters is 2. The van der Waals surface area contributed by atoms with E-state index in [1.165, 1.54) is 7.11 Å². The molecule has 0 unspecified atom stereocenters. The lowest BCUT2D eigenvalue weighted by molar-refractivity contribution is -0.138. The third kappa shape index (κ3) is 5.95. The van der Waals surface area contributed by atoms with Crippen LogP contribution in [0.3, 0.4) is 0 Å². The number of carbonyl (C=O) groups excluding carboxylic acids is 2. The average Bonchev–Trinajstić information content (AvgIpc) is 2.43. The number of ether oxygens (including phenoxy) is 3. The number of carbonyl (C=O) groups is 2. The van der Waals surface area contributed by atoms with Gasteiger partial charge in [0, 0.05) is 12.2 Å². The number of halogens is 2. The molecule has 0 heterocycles. The van der Waals surface area contributed by atoms with Gasteiger partial charge in [-0.15, -0.1) is 23.2 Å². The molecular weight excluding hydrogens is 307 g/mol. The van der Waals surface area contributed by atoms with E-state index in [-0.39, 0.29) is 12.4 Å². The molecule has 0 aromatic heterocycles. The minimum atomic E-state index is -0.812. The molecule has 0 aliphatic heterocycles. The summed E-state index contributed by atoms with van der Waals surface area (Å²) in [5.41, 5.74) is 0. The fourth-order valence-corrected chi connectivity index (χ4v) is 1.30. The molecule has 1 aromatic rings. The average molecular weight is 319 g/mol. The van der Waals surface area contributed by atoms with Gasteiger partial charge in [-0.2, -0.15) is 0 Å². The summed E-state index contributed by atoms with van der Waals surface area (Å²) >= 11 is 10.8. The summed E-state index contributed by atoms with van der Waals surface area (Å²) in [6, 6.07) is 6.62. The van der Waals surface area contributed by atoms with Crippen LogP contribution in [-0.4, -0.2) is 30.5 Å². The van der Waals surface area contributed by atoms with Gasteiger partial charge in [-0.25, -0.2) is 9.59 Å². The van der Waals surface area contributed by atoms with E-state index in [2.05, 4.69) is 4.74 Å². The molecule has 0 saturated heterocycles. The predicted molar refractivity (Wildman–Crippen MR) is 74.2 cm³/mol. The van der Waals surface area contributed by atoms with Crippen LogP contribution in [0.25, 0.3) is 0 Å². The number of rotatable bonds is 6. The van der Waals surface area contributed by atoms with Gasteiger partial charge in [-0.1, -0.05) is 12.1 Å². The first-order chi connectivity index (χ1) is 9.52. The van der Waals surface area contributed by atoms with Gasteiger partial charge in [-0.3, -0.25) is 0 Å². The number of hydrogen-bond donors (Lipinski definition) is 0. The summed E-state index contributed by atoms with van der Waals surface area (Å²) in [6.45, 7) is -0.159. The maximum atomic E-state index is 11.5. The van der Waals surface area contributed by atoms with E-state index >= 15 is 0 Å². The Labute approximate surface area is 126 Å². The Bertz CT molecular complexity index is 499. The molecule has 0 atom stereocenters. The molecule has 7 heteroatoms. The standard InChI is InChI=1S/C13H12Cl2O5/c1-18-9-4-2-3-5-10(9)20-13(17)7-6-12(16)19-8-11(14)15/h2-7,11H,8H2,1H3/b7-6+. The van der Waals surface area contributed by atoms with Crippen molar-refractivity contribution in [2.45, 2.75) is 4.84 Å². The van der Waals surface area contributed by atoms with Gasteiger partial charge in [0.2, 0.25) is 0 Å². The van der Waals surface area contributed by atoms with Gasteiger partial charge >= 0.3 is 11.9 Å². The zero-order valence-corrected chi connectivity index (χ0v) is 12.1. The zero-order chi connectivity index (χ0) is 15.0. The highest BCUT2D eigenvalue weighted by Gasteiger charge is 2.08. The highest BCUT2D eigenvalue weighted by atomic mass is 35.5. The fraction of sp³-hybridized carbons (Fsp3) is 0.231. The first-order valence-electron chi connectivity index (χ1n) is 5.50. The monoisotopic (exact) mass is 318 g/mol. The number of hydrogen-bond acceptors (Lipinski definition) is 5. The molecule has 0 N–H and O–H groups in total. The molecule has 0 fully saturated rings. The van der Waals surface area contributed by atoms with E-state index in [4.69, 9.17) is 32.7 Å². The minimum absolute atomic E-state index is 0.159. The maximum absolute atomic E-state index is 11.5. The van der Waals surface area contributed by atoms with Crippen LogP contribution in [-0.2, 0) is 14.3 Å². The van der Waals surface area contributed by atoms with Gasteiger partial charge in [0.15, 0.2) is 11.5 Å². The molecule has 0 aliphatic rings. The Morgan fingerprint density at radius 2 is 1.75 bits per heavy atom. The highest BCUT2D eigenvalue weighted by Crippen LogP contribution is 2.25. The molecular formula is C13H12Cl2O5. The maximum Gasteiger partial charge on any atom is 0.336 e. The van der Waals surface area contributed by atoms with Crippen molar-refractivity contribution in [2.75, 3.05) is 13.7 Å². The van der Waals surface area contributed by atoms with Gasteiger partial charge in [0.05, 0.1) is 7.11 Å². The van der Waals surface area contributed by atoms with Crippen molar-refractivity contribution in [3.8, 4) is 11.5 Å². The lowest BCUT2D eigenvalue weighted by atomic mass is 10.3. The number of benzene rings is 1. The van der Waals surface area contributed by atoms with E-state index in [0.29, 0.717) is 5.75 Å². The quantitative estimate of drug-likeness (QED) is 0.349. The van der Waals surface area contributed by atoms with Crippen molar-refractivity contribution in [2.24, 2.45) is 0 Å². The van der Waals surface area contributed by atoms with E-state index in [9.17, 15) is 9.59 Å². The lowest BCUT2D eigenvalue weighted by Gasteiger charge is -2.06. The van der Waals surface area contributed by atoms with Crippen molar-refractivity contribution in [3.63, 3.8) is 0 Å². The summed E-state index contributed by atoms with van der Waals surface area (Å²) in [5, 5.41) is 0. The van der Waals surface area contributed by atoms with Gasteiger partial charge < -0.3 is 14.2 Å². The first-order valence-corrected chi connectivity index (χ1v) is 6.38. The third-order valence-electron chi connectivity index (χ3n) is 1.99. The van der Waals surface area contributed by atoms with Crippen LogP contribution in [0, 0.1) is 0 Å². The second kappa shape index (κ2) is 8.45. The number of methoxy groups -OCH3 is 1. The summed E-state index contributed by atoms with van der Waals surface area (Å²) in [5.74, 6) is -0.823. The summed E-state index contributed by atoms with van der Waals surface area (Å²) in [4.78, 5) is 21.9. The molecule has 20 heavy (non-hydrogen) atoms. The van der Waals surface area contributed by atoms with Crippen LogP contribution < -0.4 is 9.47 Å². The predicted octanol–water partition coefficient (Wildman–Crippen LogP) is 2.50. The van der Waals surface area contributed by atoms with E-state index in [0.717, 1.165) is 12.2 Å². The first kappa shape index (κ1) is 16.3. The lowest BCUT2D eigenvalue weighted by Crippen LogP contribution is -2.10. The van der Waals surface area contributed by atoms with Crippen LogP contribution >= 0.6 is 23.2 Å². The normalized spacial score (nSPS) is 10.6. The Morgan fingerprint density at radius 1 is 1.15 bits per heavy atom. The van der Waals surface area contributed by atoms with Crippen molar-refractivity contribution in [3.05, 3.63) is 36.4 Å². The SMILES string of the molecule is COc1ccccc1OC(=O)/C=C/C(=O)OCC(Cl)Cl. The van der Waals surface area contributed by atoms with Crippen molar-refractivity contribution >= 4 is 35.1 Å². The number of para-hydroxylation sites is 2. The van der Waals surface area contributed by atoms with Crippen LogP contribution in [0.1, 0.15) is 0 Å². The minimum Gasteiger partial charge on any atom is -0.493 e. The summed E-state index contributed by atoms with van der Waals surface area (Å²) in [7, 11) is 1.45. The van der Waals surface area contributed by atoms with Crippen molar-refractivity contribution in [1.82, 2.24) is 0 Å². The van der Waals surface area contributed by atoms with Gasteiger partial charge in [0.1, 0.15) is 11.4 Å². The van der Waals surface area contributed by atoms with Gasteiger partial charge in [-0.05, 0) is 12.1 Å². The number of alkyl halides is 2. The smallest absolute Gasteiger partial charge is 0.336 e. The summed E-state index contributed by atoms with van der Waals surface area (Å²) in [6.07, 6.45) is 1.86. The Morgan fingerprint density at radius 3 is 2.35 bits per heavy atom. The van der Waals surface area contributed by atoms with E-state index < -0.39 is 16.8 Å². The molecule has 1 rings (SSSR count). The Kier molecular flexibility index (Phi) is 6.90. The van der Waals surface area contributed by atoms with E-state index in [1.54, 1.807) is 24.3 Å². The second-order valence-corrected chi connectivity index (χ2v) is 4.70. The van der Waals surface area contributed by atoms with E-state index in [1.807, 2.05) is 0 Å². The Balaban J connectivity index is 2.53. The largest absolute Gasteiger partial charge is 0.493 e. The topological polar surface area (TPSA) is 61.8 Å². The molecule has 0 saturated carbocycles. The summed E-state index contributed by atoms with van der Waals surface area (Å²) < 4.78 is 14.6. The molecule has 0 aliphatic carbocycles. The molecule has 108 valence electrons. The second-order valence-electron chi connectivity index (χ2n) is 3.43. The van der Waals surface area contributed by atoms with Crippen molar-refractivity contribution in [1.29, 1.82) is 0 Å². The molecule has 5 nitrogen and oxygen atoms in total. The molecule has 0 bridgehead atoms. The highest BCUT2D eigenvalue weighted by molar-refractivity contribution is 6.44. The third-order valence-corrected chi connectivity index (χ3v) is 2.24. The zero-order valence-electron chi connectivity index (χ0n) is 10.5. The van der Waals surface area contributed by atoms with Crippen LogP contribution in [0.4, 0.5) is 0 Å². The van der Waals surface area contributed by atoms with Gasteiger partial charge in [0.25, 0.3) is 0 Å².